The second-order valence-electron chi connectivity index (χ2n) is 17.7. The smallest absolute Gasteiger partial charge is 0.427 e. The zero-order chi connectivity index (χ0) is 41.8. The van der Waals surface area contributed by atoms with Gasteiger partial charge in [0.15, 0.2) is 5.78 Å². The van der Waals surface area contributed by atoms with E-state index in [1.54, 1.807) is 13.1 Å². The van der Waals surface area contributed by atoms with Crippen LogP contribution in [0.1, 0.15) is 98.3 Å². The molecule has 0 radical (unpaired) electrons. The average molecular weight is 832 g/mol. The molecule has 3 heterocycles. The molecule has 1 aromatic heterocycles. The zero-order valence-corrected chi connectivity index (χ0v) is 34.1. The monoisotopic (exact) mass is 831 g/mol. The Hall–Kier alpha value is -4.21. The fraction of sp³-hybridized carbons (Fsp3) is 0.643. The Morgan fingerprint density at radius 3 is 2.36 bits per heavy atom. The molecule has 0 bridgehead atoms. The number of carbonyl (C=O) groups is 4. The summed E-state index contributed by atoms with van der Waals surface area (Å²) in [5.41, 5.74) is -4.16. The molecule has 1 saturated heterocycles. The number of alkyl halides is 3. The van der Waals surface area contributed by atoms with Crippen LogP contribution in [0.25, 0.3) is 10.8 Å². The van der Waals surface area contributed by atoms with E-state index in [1.165, 1.54) is 4.90 Å². The van der Waals surface area contributed by atoms with Crippen molar-refractivity contribution in [3.05, 3.63) is 42.6 Å². The normalized spacial score (nSPS) is 30.4. The van der Waals surface area contributed by atoms with Gasteiger partial charge in [0.25, 0.3) is 0 Å². The molecule has 2 amide bonds. The third kappa shape index (κ3) is 9.01. The second kappa shape index (κ2) is 15.8. The van der Waals surface area contributed by atoms with Crippen LogP contribution in [0.3, 0.4) is 0 Å². The standard InChI is InChI=1S/C42H52F3N3O9S/c1-24-9-5-6-10-26-20-41(26,39(52)47-58(53,54)29-15-16-29)21-34(49)33-18-28(56-37-31-12-8-7-11-30(31)35(22-46-37)55-27-13-14-27)23-48(33)38(51)32(25(2)17-24)19-36(50)57-40(3,4)42(43,44)45/h6-8,10-12,22,24-29,32-33H,5,9,13-21,23H2,1-4H3,(H,47,52)/b10-6-/t24-,25-,26-,28-,32+,33+,41-/m1/s1. The molecular weight excluding hydrogens is 780 g/mol. The predicted molar refractivity (Wildman–Crippen MR) is 206 cm³/mol. The predicted octanol–water partition coefficient (Wildman–Crippen LogP) is 6.60. The molecule has 316 valence electrons. The maximum absolute atomic E-state index is 14.8. The molecule has 5 aliphatic rings. The molecule has 1 aromatic carbocycles. The van der Waals surface area contributed by atoms with Crippen molar-refractivity contribution in [3.63, 3.8) is 0 Å². The molecule has 1 N–H and O–H groups in total. The van der Waals surface area contributed by atoms with Gasteiger partial charge in [0.1, 0.15) is 11.9 Å². The highest BCUT2D eigenvalue weighted by molar-refractivity contribution is 7.90. The van der Waals surface area contributed by atoms with Crippen LogP contribution in [0.15, 0.2) is 42.6 Å². The Balaban J connectivity index is 1.21. The number of fused-ring (bicyclic) bond motifs is 3. The third-order valence-electron chi connectivity index (χ3n) is 12.4. The Kier molecular flexibility index (Phi) is 11.4. The van der Waals surface area contributed by atoms with E-state index < -0.39 is 92.4 Å². The number of halogens is 3. The largest absolute Gasteiger partial charge is 0.488 e. The molecule has 0 unspecified atom stereocenters. The van der Waals surface area contributed by atoms with Crippen LogP contribution in [-0.4, -0.2) is 83.7 Å². The number of allylic oxidation sites excluding steroid dienone is 2. The molecule has 58 heavy (non-hydrogen) atoms. The topological polar surface area (TPSA) is 158 Å². The number of hydrogen-bond acceptors (Lipinski definition) is 10. The minimum absolute atomic E-state index is 0.0114. The van der Waals surface area contributed by atoms with Gasteiger partial charge >= 0.3 is 12.1 Å². The van der Waals surface area contributed by atoms with Gasteiger partial charge in [0, 0.05) is 23.6 Å². The lowest BCUT2D eigenvalue weighted by molar-refractivity contribution is -0.257. The summed E-state index contributed by atoms with van der Waals surface area (Å²) in [7, 11) is -3.93. The van der Waals surface area contributed by atoms with Crippen LogP contribution in [0, 0.1) is 29.1 Å². The maximum atomic E-state index is 14.8. The number of sulfonamides is 1. The van der Waals surface area contributed by atoms with Gasteiger partial charge in [-0.15, -0.1) is 0 Å². The molecule has 7 rings (SSSR count). The van der Waals surface area contributed by atoms with Crippen molar-refractivity contribution in [3.8, 4) is 11.6 Å². The number of rotatable bonds is 10. The Labute approximate surface area is 336 Å². The highest BCUT2D eigenvalue weighted by atomic mass is 32.2. The average Bonchev–Trinajstić information content (AvgIpc) is 4.05. The summed E-state index contributed by atoms with van der Waals surface area (Å²) in [6.45, 7) is 5.12. The third-order valence-corrected chi connectivity index (χ3v) is 14.2. The van der Waals surface area contributed by atoms with Gasteiger partial charge in [-0.25, -0.2) is 13.4 Å². The summed E-state index contributed by atoms with van der Waals surface area (Å²) in [5, 5.41) is 0.759. The minimum Gasteiger partial charge on any atom is -0.488 e. The van der Waals surface area contributed by atoms with E-state index in [4.69, 9.17) is 14.2 Å². The van der Waals surface area contributed by atoms with Gasteiger partial charge in [-0.05, 0) is 89.0 Å². The summed E-state index contributed by atoms with van der Waals surface area (Å²) >= 11 is 0. The number of Topliss-reactive ketones (excluding diaryl/α,β-unsaturated/α-hetero) is 1. The number of pyridine rings is 1. The number of ketones is 1. The maximum Gasteiger partial charge on any atom is 0.427 e. The van der Waals surface area contributed by atoms with Crippen molar-refractivity contribution in [2.45, 2.75) is 134 Å². The van der Waals surface area contributed by atoms with Crippen LogP contribution in [0.5, 0.6) is 11.6 Å². The number of hydrogen-bond donors (Lipinski definition) is 1. The van der Waals surface area contributed by atoms with E-state index in [1.807, 2.05) is 43.3 Å². The van der Waals surface area contributed by atoms with Crippen molar-refractivity contribution in [2.24, 2.45) is 29.1 Å². The molecule has 12 nitrogen and oxygen atoms in total. The zero-order valence-electron chi connectivity index (χ0n) is 33.3. The summed E-state index contributed by atoms with van der Waals surface area (Å²) < 4.78 is 86.9. The Morgan fingerprint density at radius 1 is 0.983 bits per heavy atom. The first kappa shape index (κ1) is 41.9. The fourth-order valence-corrected chi connectivity index (χ4v) is 9.79. The lowest BCUT2D eigenvalue weighted by atomic mass is 9.82. The summed E-state index contributed by atoms with van der Waals surface area (Å²) in [5.74, 6) is -4.26. The molecule has 7 atom stereocenters. The first-order valence-corrected chi connectivity index (χ1v) is 21.9. The summed E-state index contributed by atoms with van der Waals surface area (Å²) in [6.07, 6.45) is 3.53. The number of aromatic nitrogens is 1. The number of benzene rings is 1. The van der Waals surface area contributed by atoms with Gasteiger partial charge in [-0.1, -0.05) is 44.2 Å². The highest BCUT2D eigenvalue weighted by Gasteiger charge is 2.62. The molecule has 16 heteroatoms. The summed E-state index contributed by atoms with van der Waals surface area (Å²) in [6, 6.07) is 6.24. The van der Waals surface area contributed by atoms with Crippen LogP contribution >= 0.6 is 0 Å². The van der Waals surface area contributed by atoms with Crippen LogP contribution < -0.4 is 14.2 Å². The first-order chi connectivity index (χ1) is 27.3. The Morgan fingerprint density at radius 2 is 1.69 bits per heavy atom. The lowest BCUT2D eigenvalue weighted by Gasteiger charge is -2.33. The van der Waals surface area contributed by atoms with Gasteiger partial charge < -0.3 is 19.1 Å². The first-order valence-electron chi connectivity index (χ1n) is 20.3. The van der Waals surface area contributed by atoms with Crippen molar-refractivity contribution in [2.75, 3.05) is 6.54 Å². The highest BCUT2D eigenvalue weighted by Crippen LogP contribution is 2.57. The summed E-state index contributed by atoms with van der Waals surface area (Å²) in [4.78, 5) is 62.5. The van der Waals surface area contributed by atoms with Crippen molar-refractivity contribution in [1.82, 2.24) is 14.6 Å². The van der Waals surface area contributed by atoms with Gasteiger partial charge in [-0.3, -0.25) is 23.9 Å². The number of nitrogens with one attached hydrogen (secondary N) is 1. The number of ether oxygens (including phenoxy) is 3. The van der Waals surface area contributed by atoms with Crippen molar-refractivity contribution >= 4 is 44.4 Å². The Bertz CT molecular complexity index is 2080. The van der Waals surface area contributed by atoms with E-state index >= 15 is 0 Å². The van der Waals surface area contributed by atoms with E-state index in [9.17, 15) is 40.8 Å². The lowest BCUT2D eigenvalue weighted by Crippen LogP contribution is -2.48. The van der Waals surface area contributed by atoms with Crippen LogP contribution in [0.2, 0.25) is 0 Å². The molecule has 0 spiro atoms. The van der Waals surface area contributed by atoms with Crippen LogP contribution in [0.4, 0.5) is 13.2 Å². The quantitative estimate of drug-likeness (QED) is 0.204. The van der Waals surface area contributed by atoms with E-state index in [0.717, 1.165) is 32.1 Å². The number of carbonyl (C=O) groups excluding carboxylic acids is 4. The van der Waals surface area contributed by atoms with Crippen molar-refractivity contribution < 1.29 is 55.0 Å². The second-order valence-corrected chi connectivity index (χ2v) is 19.6. The fourth-order valence-electron chi connectivity index (χ4n) is 8.40. The van der Waals surface area contributed by atoms with Gasteiger partial charge in [0.2, 0.25) is 33.3 Å². The molecule has 2 aromatic rings. The molecule has 3 aliphatic carbocycles. The minimum atomic E-state index is -4.86. The van der Waals surface area contributed by atoms with Crippen molar-refractivity contribution in [1.29, 1.82) is 0 Å². The SMILES string of the molecule is C[C@@H]1CC/C=C\[C@@H]2C[C@@]2(C(=O)NS(=O)(=O)C2CC2)CC(=O)[C@@H]2C[C@@H](Oc3ncc(OC4CC4)c4ccccc34)CN2C(=O)[C@@H](CC(=O)OC(C)(C)C(F)(F)F)[C@H](C)C1. The molecule has 4 fully saturated rings. The van der Waals surface area contributed by atoms with E-state index in [0.29, 0.717) is 43.2 Å². The van der Waals surface area contributed by atoms with Crippen LogP contribution in [-0.2, 0) is 33.9 Å². The number of amides is 2. The number of nitrogens with zero attached hydrogens (tertiary/aromatic N) is 2. The van der Waals surface area contributed by atoms with E-state index in [2.05, 4.69) is 9.71 Å². The molecule has 2 aliphatic heterocycles. The van der Waals surface area contributed by atoms with Gasteiger partial charge in [0.05, 0.1) is 47.9 Å². The molecular formula is C42H52F3N3O9S. The number of esters is 1. The van der Waals surface area contributed by atoms with Gasteiger partial charge in [-0.2, -0.15) is 13.2 Å². The molecule has 3 saturated carbocycles. The van der Waals surface area contributed by atoms with E-state index in [-0.39, 0.29) is 43.7 Å².